The summed E-state index contributed by atoms with van der Waals surface area (Å²) in [5.41, 5.74) is 2.93. The average molecular weight is 603 g/mol. The molecule has 0 saturated carbocycles. The SMILES string of the molecule is CCCCn1c(NCc2ccccc2)c(/C=C2/SC(=S)N(CCc3ccc(OC)c(OC)c3)C2=O)c(C)c(C#N)c1=O. The van der Waals surface area contributed by atoms with Crippen LogP contribution in [0.5, 0.6) is 11.5 Å². The van der Waals surface area contributed by atoms with Gasteiger partial charge in [0.05, 0.1) is 19.1 Å². The molecule has 1 aliphatic rings. The van der Waals surface area contributed by atoms with E-state index in [9.17, 15) is 14.9 Å². The molecule has 0 radical (unpaired) electrons. The van der Waals surface area contributed by atoms with Gasteiger partial charge in [-0.3, -0.25) is 19.1 Å². The number of nitrogens with one attached hydrogen (secondary N) is 1. The first-order chi connectivity index (χ1) is 20.3. The molecule has 0 atom stereocenters. The average Bonchev–Trinajstić information content (AvgIpc) is 3.27. The van der Waals surface area contributed by atoms with Crippen molar-refractivity contribution < 1.29 is 14.3 Å². The number of nitriles is 1. The third-order valence-electron chi connectivity index (χ3n) is 7.13. The molecule has 1 aromatic heterocycles. The molecular formula is C32H34N4O4S2. The van der Waals surface area contributed by atoms with Gasteiger partial charge >= 0.3 is 0 Å². The van der Waals surface area contributed by atoms with E-state index < -0.39 is 0 Å². The first-order valence-electron chi connectivity index (χ1n) is 13.7. The summed E-state index contributed by atoms with van der Waals surface area (Å²) in [5.74, 6) is 1.64. The van der Waals surface area contributed by atoms with E-state index in [1.165, 1.54) is 11.8 Å². The minimum Gasteiger partial charge on any atom is -0.493 e. The van der Waals surface area contributed by atoms with Gasteiger partial charge < -0.3 is 14.8 Å². The number of hydrogen-bond donors (Lipinski definition) is 1. The number of aromatic nitrogens is 1. The maximum atomic E-state index is 13.6. The highest BCUT2D eigenvalue weighted by atomic mass is 32.2. The summed E-state index contributed by atoms with van der Waals surface area (Å²) in [6.45, 7) is 5.13. The highest BCUT2D eigenvalue weighted by Crippen LogP contribution is 2.36. The number of thiocarbonyl (C=S) groups is 1. The number of amides is 1. The van der Waals surface area contributed by atoms with Crippen LogP contribution in [0.25, 0.3) is 6.08 Å². The lowest BCUT2D eigenvalue weighted by Crippen LogP contribution is -2.30. The van der Waals surface area contributed by atoms with Crippen molar-refractivity contribution >= 4 is 46.1 Å². The Kier molecular flexibility index (Phi) is 10.4. The first-order valence-corrected chi connectivity index (χ1v) is 15.0. The van der Waals surface area contributed by atoms with Crippen LogP contribution in [0.2, 0.25) is 0 Å². The van der Waals surface area contributed by atoms with Crippen molar-refractivity contribution in [2.75, 3.05) is 26.1 Å². The number of pyridine rings is 1. The van der Waals surface area contributed by atoms with Crippen LogP contribution in [-0.2, 0) is 24.3 Å². The third kappa shape index (κ3) is 6.69. The summed E-state index contributed by atoms with van der Waals surface area (Å²) in [5, 5.41) is 13.3. The van der Waals surface area contributed by atoms with Crippen LogP contribution in [-0.4, -0.2) is 40.5 Å². The molecule has 1 amide bonds. The Balaban J connectivity index is 1.68. The maximum absolute atomic E-state index is 13.6. The lowest BCUT2D eigenvalue weighted by molar-refractivity contribution is -0.122. The van der Waals surface area contributed by atoms with Crippen LogP contribution < -0.4 is 20.3 Å². The van der Waals surface area contributed by atoms with Crippen molar-refractivity contribution in [3.8, 4) is 17.6 Å². The van der Waals surface area contributed by atoms with Crippen molar-refractivity contribution in [2.24, 2.45) is 0 Å². The Morgan fingerprint density at radius 1 is 1.05 bits per heavy atom. The van der Waals surface area contributed by atoms with Gasteiger partial charge in [0.1, 0.15) is 21.8 Å². The topological polar surface area (TPSA) is 96.6 Å². The molecule has 0 aliphatic carbocycles. The molecule has 10 heteroatoms. The molecule has 1 aliphatic heterocycles. The van der Waals surface area contributed by atoms with Crippen LogP contribution in [0, 0.1) is 18.3 Å². The Bertz CT molecular complexity index is 1610. The van der Waals surface area contributed by atoms with Crippen LogP contribution in [0.15, 0.2) is 58.2 Å². The van der Waals surface area contributed by atoms with Gasteiger partial charge in [0.2, 0.25) is 0 Å². The number of ether oxygens (including phenoxy) is 2. The van der Waals surface area contributed by atoms with Crippen molar-refractivity contribution in [1.29, 1.82) is 5.26 Å². The number of benzene rings is 2. The van der Waals surface area contributed by atoms with Crippen LogP contribution in [0.1, 0.15) is 47.6 Å². The number of rotatable bonds is 12. The van der Waals surface area contributed by atoms with Gasteiger partial charge in [-0.25, -0.2) is 0 Å². The Morgan fingerprint density at radius 2 is 1.79 bits per heavy atom. The standard InChI is InChI=1S/C32H34N4O4S2/c1-5-6-15-35-29(34-20-23-10-8-7-9-11-23)24(21(2)25(19-33)30(35)37)18-28-31(38)36(32(41)42-28)16-14-22-12-13-26(39-3)27(17-22)40-4/h7-13,17-18,34H,5-6,14-16,20H2,1-4H3/b28-18+. The van der Waals surface area contributed by atoms with E-state index >= 15 is 0 Å². The fraction of sp³-hybridized carbons (Fsp3) is 0.312. The predicted molar refractivity (Wildman–Crippen MR) is 172 cm³/mol. The number of anilines is 1. The number of hydrogen-bond acceptors (Lipinski definition) is 8. The number of carbonyl (C=O) groups excluding carboxylic acids is 1. The normalized spacial score (nSPS) is 13.9. The van der Waals surface area contributed by atoms with Gasteiger partial charge in [-0.2, -0.15) is 5.26 Å². The van der Waals surface area contributed by atoms with E-state index in [1.807, 2.05) is 48.5 Å². The van der Waals surface area contributed by atoms with Gasteiger partial charge in [0.15, 0.2) is 11.5 Å². The molecule has 218 valence electrons. The highest BCUT2D eigenvalue weighted by Gasteiger charge is 2.32. The van der Waals surface area contributed by atoms with Gasteiger partial charge in [-0.05, 0) is 54.7 Å². The molecule has 42 heavy (non-hydrogen) atoms. The summed E-state index contributed by atoms with van der Waals surface area (Å²) >= 11 is 6.83. The number of unbranched alkanes of at least 4 members (excludes halogenated alkanes) is 1. The highest BCUT2D eigenvalue weighted by molar-refractivity contribution is 8.26. The van der Waals surface area contributed by atoms with Crippen molar-refractivity contribution in [3.63, 3.8) is 0 Å². The fourth-order valence-electron chi connectivity index (χ4n) is 4.77. The molecule has 8 nitrogen and oxygen atoms in total. The number of nitrogens with zero attached hydrogens (tertiary/aromatic N) is 3. The van der Waals surface area contributed by atoms with Crippen molar-refractivity contribution in [3.05, 3.63) is 91.6 Å². The molecular weight excluding hydrogens is 569 g/mol. The van der Waals surface area contributed by atoms with Gasteiger partial charge in [0.25, 0.3) is 11.5 Å². The number of thioether (sulfide) groups is 1. The molecule has 2 aromatic carbocycles. The molecule has 2 heterocycles. The van der Waals surface area contributed by atoms with E-state index in [1.54, 1.807) is 36.7 Å². The molecule has 0 bridgehead atoms. The van der Waals surface area contributed by atoms with Gasteiger partial charge in [-0.1, -0.05) is 73.7 Å². The molecule has 4 rings (SSSR count). The molecule has 3 aromatic rings. The fourth-order valence-corrected chi connectivity index (χ4v) is 6.06. The number of carbonyl (C=O) groups is 1. The lowest BCUT2D eigenvalue weighted by Gasteiger charge is -2.20. The summed E-state index contributed by atoms with van der Waals surface area (Å²) in [6.07, 6.45) is 3.99. The molecule has 1 N–H and O–H groups in total. The van der Waals surface area contributed by atoms with Crippen LogP contribution in [0.3, 0.4) is 0 Å². The maximum Gasteiger partial charge on any atom is 0.270 e. The Morgan fingerprint density at radius 3 is 2.45 bits per heavy atom. The summed E-state index contributed by atoms with van der Waals surface area (Å²) in [6, 6.07) is 17.6. The van der Waals surface area contributed by atoms with Gasteiger partial charge in [0, 0.05) is 25.2 Å². The van der Waals surface area contributed by atoms with E-state index in [-0.39, 0.29) is 17.0 Å². The molecule has 0 unspecified atom stereocenters. The summed E-state index contributed by atoms with van der Waals surface area (Å²) in [4.78, 5) is 29.0. The van der Waals surface area contributed by atoms with E-state index in [4.69, 9.17) is 21.7 Å². The Hall–Kier alpha value is -4.07. The summed E-state index contributed by atoms with van der Waals surface area (Å²) < 4.78 is 12.8. The second-order valence-corrected chi connectivity index (χ2v) is 11.5. The minimum absolute atomic E-state index is 0.0755. The smallest absolute Gasteiger partial charge is 0.270 e. The Labute approximate surface area is 255 Å². The van der Waals surface area contributed by atoms with Crippen molar-refractivity contribution in [1.82, 2.24) is 9.47 Å². The molecule has 1 saturated heterocycles. The molecule has 1 fully saturated rings. The summed E-state index contributed by atoms with van der Waals surface area (Å²) in [7, 11) is 3.17. The molecule has 0 spiro atoms. The zero-order valence-corrected chi connectivity index (χ0v) is 25.9. The van der Waals surface area contributed by atoms with E-state index in [0.717, 1.165) is 24.0 Å². The number of methoxy groups -OCH3 is 2. The minimum atomic E-state index is -0.335. The van der Waals surface area contributed by atoms with Crippen LogP contribution in [0.4, 0.5) is 5.82 Å². The zero-order chi connectivity index (χ0) is 30.2. The van der Waals surface area contributed by atoms with Crippen molar-refractivity contribution in [2.45, 2.75) is 46.2 Å². The van der Waals surface area contributed by atoms with Crippen LogP contribution >= 0.6 is 24.0 Å². The predicted octanol–water partition coefficient (Wildman–Crippen LogP) is 5.90. The van der Waals surface area contributed by atoms with E-state index in [2.05, 4.69) is 18.3 Å². The zero-order valence-electron chi connectivity index (χ0n) is 24.2. The monoisotopic (exact) mass is 602 g/mol. The quantitative estimate of drug-likeness (QED) is 0.202. The third-order valence-corrected chi connectivity index (χ3v) is 8.51. The first kappa shape index (κ1) is 30.9. The van der Waals surface area contributed by atoms with E-state index in [0.29, 0.717) is 63.7 Å². The second kappa shape index (κ2) is 14.2. The lowest BCUT2D eigenvalue weighted by atomic mass is 10.0. The largest absolute Gasteiger partial charge is 0.493 e. The van der Waals surface area contributed by atoms with Gasteiger partial charge in [-0.15, -0.1) is 0 Å². The second-order valence-electron chi connectivity index (χ2n) is 9.80.